The van der Waals surface area contributed by atoms with E-state index in [-0.39, 0.29) is 17.8 Å². The number of carbonyl (C=O) groups is 1. The van der Waals surface area contributed by atoms with Gasteiger partial charge in [-0.2, -0.15) is 16.1 Å². The van der Waals surface area contributed by atoms with E-state index >= 15 is 0 Å². The first-order valence-corrected chi connectivity index (χ1v) is 11.0. The SMILES string of the molecule is O=C(CCl)Nc1cccc2cc(S(=O)(=O)N3CC4CC3CS4)ccc12. The zero-order valence-electron chi connectivity index (χ0n) is 13.3. The molecule has 0 radical (unpaired) electrons. The van der Waals surface area contributed by atoms with Crippen molar-refractivity contribution in [1.29, 1.82) is 0 Å². The Bertz CT molecular complexity index is 948. The third-order valence-corrected chi connectivity index (χ3v) is 8.25. The molecule has 2 aromatic rings. The molecule has 2 heterocycles. The standard InChI is InChI=1S/C17H17ClN2O3S2/c18-8-17(21)19-16-3-1-2-11-6-14(4-5-15(11)16)25(22,23)20-9-13-7-12(20)10-24-13/h1-6,12-13H,7-10H2,(H,19,21). The number of hydrogen-bond donors (Lipinski definition) is 1. The van der Waals surface area contributed by atoms with Crippen LogP contribution in [0.1, 0.15) is 6.42 Å². The molecule has 2 saturated heterocycles. The highest BCUT2D eigenvalue weighted by atomic mass is 35.5. The monoisotopic (exact) mass is 396 g/mol. The van der Waals surface area contributed by atoms with Gasteiger partial charge in [-0.1, -0.05) is 18.2 Å². The summed E-state index contributed by atoms with van der Waals surface area (Å²) in [4.78, 5) is 11.9. The summed E-state index contributed by atoms with van der Waals surface area (Å²) in [7, 11) is -3.49. The summed E-state index contributed by atoms with van der Waals surface area (Å²) in [5.74, 6) is 0.459. The molecule has 2 aromatic carbocycles. The van der Waals surface area contributed by atoms with Gasteiger partial charge in [0.15, 0.2) is 0 Å². The molecule has 4 rings (SSSR count). The van der Waals surface area contributed by atoms with Gasteiger partial charge in [0.1, 0.15) is 5.88 Å². The van der Waals surface area contributed by atoms with Crippen molar-refractivity contribution in [2.75, 3.05) is 23.5 Å². The second-order valence-corrected chi connectivity index (χ2v) is 9.78. The van der Waals surface area contributed by atoms with Gasteiger partial charge < -0.3 is 5.32 Å². The van der Waals surface area contributed by atoms with Crippen molar-refractivity contribution in [1.82, 2.24) is 4.31 Å². The Labute approximate surface area is 155 Å². The Kier molecular flexibility index (Phi) is 4.43. The lowest BCUT2D eigenvalue weighted by atomic mass is 10.1. The fraction of sp³-hybridized carbons (Fsp3) is 0.353. The summed E-state index contributed by atoms with van der Waals surface area (Å²) in [6.07, 6.45) is 0.950. The van der Waals surface area contributed by atoms with E-state index in [1.54, 1.807) is 34.6 Å². The summed E-state index contributed by atoms with van der Waals surface area (Å²) in [5, 5.41) is 4.73. The Morgan fingerprint density at radius 1 is 1.32 bits per heavy atom. The van der Waals surface area contributed by atoms with Crippen LogP contribution in [0.5, 0.6) is 0 Å². The molecular weight excluding hydrogens is 380 g/mol. The van der Waals surface area contributed by atoms with Crippen molar-refractivity contribution in [3.05, 3.63) is 36.4 Å². The van der Waals surface area contributed by atoms with E-state index in [0.717, 1.165) is 22.9 Å². The molecule has 0 aliphatic carbocycles. The second-order valence-electron chi connectivity index (χ2n) is 6.29. The van der Waals surface area contributed by atoms with Crippen LogP contribution in [-0.4, -0.2) is 48.1 Å². The lowest BCUT2D eigenvalue weighted by molar-refractivity contribution is -0.113. The highest BCUT2D eigenvalue weighted by molar-refractivity contribution is 8.00. The van der Waals surface area contributed by atoms with E-state index in [2.05, 4.69) is 5.32 Å². The van der Waals surface area contributed by atoms with E-state index in [4.69, 9.17) is 11.6 Å². The first-order chi connectivity index (χ1) is 12.0. The van der Waals surface area contributed by atoms with E-state index in [1.165, 1.54) is 0 Å². The normalized spacial score (nSPS) is 23.2. The summed E-state index contributed by atoms with van der Waals surface area (Å²) in [5.41, 5.74) is 0.628. The van der Waals surface area contributed by atoms with Crippen LogP contribution in [0.4, 0.5) is 5.69 Å². The average molecular weight is 397 g/mol. The molecule has 1 N–H and O–H groups in total. The maximum atomic E-state index is 13.0. The predicted octanol–water partition coefficient (Wildman–Crippen LogP) is 2.90. The average Bonchev–Trinajstić information content (AvgIpc) is 3.25. The van der Waals surface area contributed by atoms with Gasteiger partial charge in [0.25, 0.3) is 0 Å². The molecule has 2 aliphatic heterocycles. The molecule has 0 aromatic heterocycles. The van der Waals surface area contributed by atoms with Gasteiger partial charge in [-0.15, -0.1) is 11.6 Å². The minimum Gasteiger partial charge on any atom is -0.324 e. The largest absolute Gasteiger partial charge is 0.324 e. The number of hydrogen-bond acceptors (Lipinski definition) is 4. The lowest BCUT2D eigenvalue weighted by Crippen LogP contribution is -2.39. The smallest absolute Gasteiger partial charge is 0.243 e. The zero-order valence-corrected chi connectivity index (χ0v) is 15.7. The zero-order chi connectivity index (χ0) is 17.6. The number of anilines is 1. The van der Waals surface area contributed by atoms with E-state index in [1.807, 2.05) is 17.8 Å². The van der Waals surface area contributed by atoms with Crippen LogP contribution in [0.15, 0.2) is 41.3 Å². The predicted molar refractivity (Wildman–Crippen MR) is 102 cm³/mol. The maximum Gasteiger partial charge on any atom is 0.243 e. The van der Waals surface area contributed by atoms with Gasteiger partial charge in [-0.3, -0.25) is 4.79 Å². The van der Waals surface area contributed by atoms with Crippen LogP contribution in [0.25, 0.3) is 10.8 Å². The van der Waals surface area contributed by atoms with Gasteiger partial charge in [0.2, 0.25) is 15.9 Å². The van der Waals surface area contributed by atoms with Crippen LogP contribution in [0, 0.1) is 0 Å². The molecule has 25 heavy (non-hydrogen) atoms. The van der Waals surface area contributed by atoms with Gasteiger partial charge in [-0.05, 0) is 30.0 Å². The van der Waals surface area contributed by atoms with Crippen molar-refractivity contribution in [3.63, 3.8) is 0 Å². The van der Waals surface area contributed by atoms with Crippen LogP contribution >= 0.6 is 23.4 Å². The number of rotatable bonds is 4. The Morgan fingerprint density at radius 3 is 2.84 bits per heavy atom. The summed E-state index contributed by atoms with van der Waals surface area (Å²) >= 11 is 7.41. The number of amides is 1. The molecule has 2 bridgehead atoms. The quantitative estimate of drug-likeness (QED) is 0.807. The minimum atomic E-state index is -3.49. The highest BCUT2D eigenvalue weighted by Crippen LogP contribution is 2.40. The molecule has 8 heteroatoms. The molecule has 0 saturated carbocycles. The number of carbonyl (C=O) groups excluding carboxylic acids is 1. The topological polar surface area (TPSA) is 66.5 Å². The fourth-order valence-electron chi connectivity index (χ4n) is 3.51. The third-order valence-electron chi connectivity index (χ3n) is 4.70. The number of alkyl halides is 1. The molecule has 132 valence electrons. The summed E-state index contributed by atoms with van der Waals surface area (Å²) in [6.45, 7) is 0.599. The van der Waals surface area contributed by atoms with Crippen molar-refractivity contribution in [3.8, 4) is 0 Å². The highest BCUT2D eigenvalue weighted by Gasteiger charge is 2.44. The molecule has 2 atom stereocenters. The minimum absolute atomic E-state index is 0.116. The Balaban J connectivity index is 1.71. The van der Waals surface area contributed by atoms with Crippen LogP contribution in [-0.2, 0) is 14.8 Å². The molecule has 0 spiro atoms. The van der Waals surface area contributed by atoms with Crippen LogP contribution < -0.4 is 5.32 Å². The van der Waals surface area contributed by atoms with Crippen molar-refractivity contribution >= 4 is 55.8 Å². The van der Waals surface area contributed by atoms with Crippen molar-refractivity contribution in [2.24, 2.45) is 0 Å². The maximum absolute atomic E-state index is 13.0. The van der Waals surface area contributed by atoms with E-state index < -0.39 is 10.0 Å². The van der Waals surface area contributed by atoms with E-state index in [0.29, 0.717) is 22.4 Å². The molecular formula is C17H17ClN2O3S2. The second kappa shape index (κ2) is 6.46. The third kappa shape index (κ3) is 3.03. The van der Waals surface area contributed by atoms with Crippen LogP contribution in [0.3, 0.4) is 0 Å². The van der Waals surface area contributed by atoms with E-state index in [9.17, 15) is 13.2 Å². The number of nitrogens with zero attached hydrogens (tertiary/aromatic N) is 1. The molecule has 2 aliphatic rings. The molecule has 1 amide bonds. The molecule has 2 fully saturated rings. The Morgan fingerprint density at radius 2 is 2.16 bits per heavy atom. The first-order valence-electron chi connectivity index (χ1n) is 8.01. The van der Waals surface area contributed by atoms with Crippen molar-refractivity contribution in [2.45, 2.75) is 22.6 Å². The van der Waals surface area contributed by atoms with Crippen molar-refractivity contribution < 1.29 is 13.2 Å². The van der Waals surface area contributed by atoms with Gasteiger partial charge in [0.05, 0.1) is 4.90 Å². The lowest BCUT2D eigenvalue weighted by Gasteiger charge is -2.26. The number of sulfonamides is 1. The number of benzene rings is 2. The van der Waals surface area contributed by atoms with Gasteiger partial charge in [-0.25, -0.2) is 8.42 Å². The van der Waals surface area contributed by atoms with Gasteiger partial charge >= 0.3 is 0 Å². The fourth-order valence-corrected chi connectivity index (χ4v) is 6.92. The Hall–Kier alpha value is -1.28. The molecule has 2 unspecified atom stereocenters. The number of nitrogens with one attached hydrogen (secondary N) is 1. The molecule has 5 nitrogen and oxygen atoms in total. The number of halogens is 1. The van der Waals surface area contributed by atoms with Gasteiger partial charge in [0, 0.05) is 34.7 Å². The summed E-state index contributed by atoms with van der Waals surface area (Å²) < 4.78 is 27.7. The number of fused-ring (bicyclic) bond motifs is 3. The number of thioether (sulfide) groups is 1. The summed E-state index contributed by atoms with van der Waals surface area (Å²) in [6, 6.07) is 10.6. The van der Waals surface area contributed by atoms with Crippen LogP contribution in [0.2, 0.25) is 0 Å². The first kappa shape index (κ1) is 17.1.